The largest absolute Gasteiger partial charge is 0.387 e. The predicted octanol–water partition coefficient (Wildman–Crippen LogP) is 5.32. The van der Waals surface area contributed by atoms with Gasteiger partial charge in [0, 0.05) is 11.6 Å². The quantitative estimate of drug-likeness (QED) is 0.521. The van der Waals surface area contributed by atoms with E-state index in [4.69, 9.17) is 16.1 Å². The highest BCUT2D eigenvalue weighted by molar-refractivity contribution is 6.31. The van der Waals surface area contributed by atoms with Gasteiger partial charge in [0.05, 0.1) is 33.3 Å². The minimum atomic E-state index is -1.48. The molecule has 2 aliphatic carbocycles. The van der Waals surface area contributed by atoms with Crippen LogP contribution < -0.4 is 5.32 Å². The Hall–Kier alpha value is -2.58. The van der Waals surface area contributed by atoms with Gasteiger partial charge in [0.2, 0.25) is 0 Å². The fourth-order valence-electron chi connectivity index (χ4n) is 4.71. The van der Waals surface area contributed by atoms with Crippen molar-refractivity contribution in [2.45, 2.75) is 69.2 Å². The smallest absolute Gasteiger partial charge is 0.259 e. The van der Waals surface area contributed by atoms with Crippen LogP contribution >= 0.6 is 11.6 Å². The molecule has 33 heavy (non-hydrogen) atoms. The highest BCUT2D eigenvalue weighted by Crippen LogP contribution is 2.43. The maximum atomic E-state index is 14.3. The number of aromatic nitrogens is 2. The molecule has 0 saturated heterocycles. The van der Waals surface area contributed by atoms with Crippen LogP contribution in [0.2, 0.25) is 5.02 Å². The highest BCUT2D eigenvalue weighted by Gasteiger charge is 2.43. The molecule has 1 amide bonds. The number of hydrogen-bond acceptors (Lipinski definition) is 5. The topological polar surface area (TPSA) is 88.2 Å². The number of hydrogen-bond donors (Lipinski definition) is 2. The number of carbonyl (C=O) groups is 1. The summed E-state index contributed by atoms with van der Waals surface area (Å²) in [4.78, 5) is 18.1. The van der Waals surface area contributed by atoms with E-state index in [0.29, 0.717) is 16.6 Å². The van der Waals surface area contributed by atoms with Crippen molar-refractivity contribution in [3.63, 3.8) is 0 Å². The summed E-state index contributed by atoms with van der Waals surface area (Å²) < 4.78 is 33.5. The number of nitrogens with one attached hydrogen (secondary N) is 1. The van der Waals surface area contributed by atoms with E-state index in [-0.39, 0.29) is 47.9 Å². The molecule has 0 spiro atoms. The summed E-state index contributed by atoms with van der Waals surface area (Å²) in [6, 6.07) is 4.94. The van der Waals surface area contributed by atoms with Crippen LogP contribution in [-0.2, 0) is 0 Å². The third kappa shape index (κ3) is 4.10. The van der Waals surface area contributed by atoms with Gasteiger partial charge in [0.1, 0.15) is 12.0 Å². The lowest BCUT2D eigenvalue weighted by atomic mass is 9.76. The van der Waals surface area contributed by atoms with Gasteiger partial charge in [-0.15, -0.1) is 0 Å². The molecule has 1 unspecified atom stereocenters. The summed E-state index contributed by atoms with van der Waals surface area (Å²) in [7, 11) is 0. The number of halogens is 3. The van der Waals surface area contributed by atoms with Crippen LogP contribution in [0.1, 0.15) is 77.8 Å². The molecule has 2 aliphatic rings. The molecule has 2 heterocycles. The molecule has 2 aromatic heterocycles. The maximum absolute atomic E-state index is 14.3. The first-order valence-corrected chi connectivity index (χ1v) is 11.5. The van der Waals surface area contributed by atoms with Crippen molar-refractivity contribution in [1.29, 1.82) is 0 Å². The molecule has 2 saturated carbocycles. The molecule has 0 bridgehead atoms. The zero-order chi connectivity index (χ0) is 23.3. The summed E-state index contributed by atoms with van der Waals surface area (Å²) >= 11 is 6.26. The SMILES string of the molecule is Cc1noc2nc(C3CC3)cc(C(=O)NC(c3cccc(F)c3Cl)[C@]3(O)CC[C@@H](F)CC3)c12. The summed E-state index contributed by atoms with van der Waals surface area (Å²) in [5.41, 5.74) is 0.632. The molecule has 1 atom stereocenters. The minimum Gasteiger partial charge on any atom is -0.387 e. The van der Waals surface area contributed by atoms with Gasteiger partial charge in [-0.3, -0.25) is 4.79 Å². The second kappa shape index (κ2) is 8.33. The molecule has 1 aromatic carbocycles. The summed E-state index contributed by atoms with van der Waals surface area (Å²) in [6.45, 7) is 1.72. The lowest BCUT2D eigenvalue weighted by Gasteiger charge is -2.41. The third-order valence-corrected chi connectivity index (χ3v) is 7.16. The van der Waals surface area contributed by atoms with Gasteiger partial charge in [-0.05, 0) is 63.1 Å². The van der Waals surface area contributed by atoms with E-state index in [9.17, 15) is 18.7 Å². The third-order valence-electron chi connectivity index (χ3n) is 6.76. The van der Waals surface area contributed by atoms with Crippen LogP contribution in [-0.4, -0.2) is 32.9 Å². The first kappa shape index (κ1) is 22.2. The number of fused-ring (bicyclic) bond motifs is 1. The normalized spacial score (nSPS) is 24.1. The van der Waals surface area contributed by atoms with Gasteiger partial charge >= 0.3 is 0 Å². The molecular weight excluding hydrogens is 452 g/mol. The van der Waals surface area contributed by atoms with E-state index in [0.717, 1.165) is 18.5 Å². The average Bonchev–Trinajstić information content (AvgIpc) is 3.59. The average molecular weight is 476 g/mol. The van der Waals surface area contributed by atoms with E-state index in [2.05, 4.69) is 15.5 Å². The maximum Gasteiger partial charge on any atom is 0.259 e. The first-order valence-electron chi connectivity index (χ1n) is 11.1. The zero-order valence-electron chi connectivity index (χ0n) is 18.1. The molecule has 2 fully saturated rings. The Labute approximate surface area is 194 Å². The molecule has 174 valence electrons. The van der Waals surface area contributed by atoms with Crippen molar-refractivity contribution < 1.29 is 23.2 Å². The van der Waals surface area contributed by atoms with Crippen LogP contribution in [0, 0.1) is 12.7 Å². The van der Waals surface area contributed by atoms with Crippen molar-refractivity contribution in [1.82, 2.24) is 15.5 Å². The van der Waals surface area contributed by atoms with Gasteiger partial charge in [-0.1, -0.05) is 28.9 Å². The number of pyridine rings is 1. The molecule has 9 heteroatoms. The number of benzene rings is 1. The van der Waals surface area contributed by atoms with Gasteiger partial charge in [0.25, 0.3) is 11.6 Å². The van der Waals surface area contributed by atoms with Crippen LogP contribution in [0.3, 0.4) is 0 Å². The number of rotatable bonds is 5. The Morgan fingerprint density at radius 2 is 2.03 bits per heavy atom. The summed E-state index contributed by atoms with van der Waals surface area (Å²) in [5, 5.41) is 18.6. The fraction of sp³-hybridized carbons (Fsp3) is 0.458. The fourth-order valence-corrected chi connectivity index (χ4v) is 4.94. The molecule has 6 nitrogen and oxygen atoms in total. The van der Waals surface area contributed by atoms with E-state index in [1.807, 2.05) is 0 Å². The number of nitrogens with zero attached hydrogens (tertiary/aromatic N) is 2. The van der Waals surface area contributed by atoms with Crippen molar-refractivity contribution in [2.75, 3.05) is 0 Å². The molecule has 0 aliphatic heterocycles. The minimum absolute atomic E-state index is 0.108. The van der Waals surface area contributed by atoms with Crippen molar-refractivity contribution in [2.24, 2.45) is 0 Å². The Morgan fingerprint density at radius 3 is 2.73 bits per heavy atom. The molecule has 3 aromatic rings. The highest BCUT2D eigenvalue weighted by atomic mass is 35.5. The molecule has 2 N–H and O–H groups in total. The molecule has 5 rings (SSSR count). The first-order chi connectivity index (χ1) is 15.8. The summed E-state index contributed by atoms with van der Waals surface area (Å²) in [6.07, 6.45) is 1.45. The summed E-state index contributed by atoms with van der Waals surface area (Å²) in [5.74, 6) is -0.881. The van der Waals surface area contributed by atoms with E-state index >= 15 is 0 Å². The van der Waals surface area contributed by atoms with E-state index in [1.165, 1.54) is 12.1 Å². The van der Waals surface area contributed by atoms with Crippen LogP contribution in [0.5, 0.6) is 0 Å². The van der Waals surface area contributed by atoms with Crippen LogP contribution in [0.15, 0.2) is 28.8 Å². The van der Waals surface area contributed by atoms with Crippen LogP contribution in [0.4, 0.5) is 8.78 Å². The van der Waals surface area contributed by atoms with Gasteiger partial charge < -0.3 is 14.9 Å². The molecular formula is C24H24ClF2N3O3. The van der Waals surface area contributed by atoms with E-state index < -0.39 is 29.5 Å². The van der Waals surface area contributed by atoms with Crippen molar-refractivity contribution in [3.8, 4) is 0 Å². The second-order valence-electron chi connectivity index (χ2n) is 9.14. The lowest BCUT2D eigenvalue weighted by Crippen LogP contribution is -2.48. The van der Waals surface area contributed by atoms with Gasteiger partial charge in [-0.25, -0.2) is 13.8 Å². The monoisotopic (exact) mass is 475 g/mol. The van der Waals surface area contributed by atoms with Crippen LogP contribution in [0.25, 0.3) is 11.1 Å². The Balaban J connectivity index is 1.57. The van der Waals surface area contributed by atoms with Gasteiger partial charge in [0.15, 0.2) is 0 Å². The Kier molecular flexibility index (Phi) is 5.61. The number of aliphatic hydroxyl groups is 1. The van der Waals surface area contributed by atoms with E-state index in [1.54, 1.807) is 19.1 Å². The lowest BCUT2D eigenvalue weighted by molar-refractivity contribution is -0.0445. The Bertz CT molecular complexity index is 1220. The standard InChI is InChI=1S/C24H24ClF2N3O3/c1-12-19-16(11-18(13-5-6-13)28-23(19)33-30-12)22(31)29-21(15-3-2-4-17(27)20(15)25)24(32)9-7-14(26)8-10-24/h2-4,11,13-14,21,32H,5-10H2,1H3,(H,29,31)/t14-,21?,24+. The predicted molar refractivity (Wildman–Crippen MR) is 118 cm³/mol. The number of amides is 1. The van der Waals surface area contributed by atoms with Gasteiger partial charge in [-0.2, -0.15) is 0 Å². The molecule has 0 radical (unpaired) electrons. The number of aryl methyl sites for hydroxylation is 1. The Morgan fingerprint density at radius 1 is 1.30 bits per heavy atom. The van der Waals surface area contributed by atoms with Crippen molar-refractivity contribution >= 4 is 28.6 Å². The number of alkyl halides is 1. The second-order valence-corrected chi connectivity index (χ2v) is 9.52. The van der Waals surface area contributed by atoms with Crippen molar-refractivity contribution in [3.05, 3.63) is 57.6 Å². The zero-order valence-corrected chi connectivity index (χ0v) is 18.8. The number of carbonyl (C=O) groups excluding carboxylic acids is 1.